The molecule has 17 heavy (non-hydrogen) atoms. The topological polar surface area (TPSA) is 18.5 Å². The molecule has 0 radical (unpaired) electrons. The molecule has 0 bridgehead atoms. The summed E-state index contributed by atoms with van der Waals surface area (Å²) in [6.07, 6.45) is -9.33. The molecule has 0 N–H and O–H groups in total. The minimum absolute atomic E-state index is 0.470. The molecule has 0 atom stereocenters. The fourth-order valence-corrected chi connectivity index (χ4v) is 0.870. The largest absolute Gasteiger partial charge is 0.522 e. The van der Waals surface area contributed by atoms with Crippen molar-refractivity contribution in [2.75, 3.05) is 6.61 Å². The van der Waals surface area contributed by atoms with Crippen LogP contribution < -0.4 is 4.74 Å². The molecule has 0 aliphatic heterocycles. The summed E-state index contributed by atoms with van der Waals surface area (Å²) in [7, 11) is 0. The number of ether oxygens (including phenoxy) is 2. The molecule has 0 aliphatic carbocycles. The first kappa shape index (κ1) is 13.6. The maximum absolute atomic E-state index is 12.8. The normalized spacial score (nSPS) is 12.6. The molecule has 0 aliphatic rings. The van der Waals surface area contributed by atoms with Crippen molar-refractivity contribution in [2.24, 2.45) is 0 Å². The average molecular weight is 260 g/mol. The van der Waals surface area contributed by atoms with Crippen molar-refractivity contribution in [3.63, 3.8) is 0 Å². The van der Waals surface area contributed by atoms with Crippen LogP contribution in [0.4, 0.5) is 26.3 Å². The highest BCUT2D eigenvalue weighted by atomic mass is 19.4. The van der Waals surface area contributed by atoms with Gasteiger partial charge in [-0.1, -0.05) is 0 Å². The summed E-state index contributed by atoms with van der Waals surface area (Å²) < 4.78 is 79.4. The molecule has 1 aromatic carbocycles. The molecule has 0 fully saturated rings. The van der Waals surface area contributed by atoms with Gasteiger partial charge in [0.1, 0.15) is 11.6 Å². The van der Waals surface area contributed by atoms with E-state index < -0.39 is 30.6 Å². The van der Waals surface area contributed by atoms with Crippen molar-refractivity contribution in [3.05, 3.63) is 30.1 Å². The van der Waals surface area contributed by atoms with Crippen LogP contribution >= 0.6 is 0 Å². The lowest BCUT2D eigenvalue weighted by Crippen LogP contribution is -2.34. The highest BCUT2D eigenvalue weighted by Crippen LogP contribution is 2.25. The fourth-order valence-electron chi connectivity index (χ4n) is 0.870. The van der Waals surface area contributed by atoms with Crippen molar-refractivity contribution >= 4 is 0 Å². The third-order valence-electron chi connectivity index (χ3n) is 1.48. The lowest BCUT2D eigenvalue weighted by Gasteiger charge is -2.18. The van der Waals surface area contributed by atoms with Gasteiger partial charge in [-0.25, -0.2) is 4.39 Å². The zero-order valence-electron chi connectivity index (χ0n) is 8.10. The van der Waals surface area contributed by atoms with Gasteiger partial charge in [0.25, 0.3) is 0 Å². The number of benzene rings is 1. The number of hydrogen-bond donors (Lipinski definition) is 0. The number of halogens is 6. The fraction of sp³-hybridized carbons (Fsp3) is 0.333. The molecular weight excluding hydrogens is 254 g/mol. The van der Waals surface area contributed by atoms with Crippen LogP contribution in [0.15, 0.2) is 24.3 Å². The van der Waals surface area contributed by atoms with Gasteiger partial charge in [-0.2, -0.15) is 8.78 Å². The summed E-state index contributed by atoms with van der Waals surface area (Å²) in [4.78, 5) is 0. The van der Waals surface area contributed by atoms with Gasteiger partial charge in [-0.3, -0.25) is 4.74 Å². The quantitative estimate of drug-likeness (QED) is 0.773. The van der Waals surface area contributed by atoms with Gasteiger partial charge >= 0.3 is 12.5 Å². The summed E-state index contributed by atoms with van der Waals surface area (Å²) in [5.74, 6) is -1.16. The Hall–Kier alpha value is -1.44. The minimum atomic E-state index is -5.17. The third kappa shape index (κ3) is 5.43. The second kappa shape index (κ2) is 4.82. The van der Waals surface area contributed by atoms with E-state index >= 15 is 0 Å². The summed E-state index contributed by atoms with van der Waals surface area (Å²) >= 11 is 0. The first-order valence-electron chi connectivity index (χ1n) is 4.21. The molecule has 0 heterocycles. The van der Waals surface area contributed by atoms with E-state index in [4.69, 9.17) is 0 Å². The van der Waals surface area contributed by atoms with E-state index in [9.17, 15) is 26.3 Å². The van der Waals surface area contributed by atoms with E-state index in [1.165, 1.54) is 0 Å². The van der Waals surface area contributed by atoms with Crippen LogP contribution in [0.2, 0.25) is 0 Å². The Bertz CT molecular complexity index is 359. The molecule has 96 valence electrons. The van der Waals surface area contributed by atoms with E-state index in [-0.39, 0.29) is 0 Å². The molecule has 2 nitrogen and oxygen atoms in total. The maximum Gasteiger partial charge on any atom is 0.522 e. The first-order chi connectivity index (χ1) is 7.68. The van der Waals surface area contributed by atoms with Crippen LogP contribution in [0.3, 0.4) is 0 Å². The van der Waals surface area contributed by atoms with Crippen LogP contribution in [0.1, 0.15) is 0 Å². The van der Waals surface area contributed by atoms with Crippen LogP contribution in [-0.4, -0.2) is 19.1 Å². The van der Waals surface area contributed by atoms with Gasteiger partial charge in [0.15, 0.2) is 6.61 Å². The smallest absolute Gasteiger partial charge is 0.431 e. The highest BCUT2D eigenvalue weighted by molar-refractivity contribution is 5.22. The molecule has 0 saturated heterocycles. The van der Waals surface area contributed by atoms with E-state index in [2.05, 4.69) is 9.47 Å². The molecule has 0 amide bonds. The van der Waals surface area contributed by atoms with Gasteiger partial charge in [0.2, 0.25) is 0 Å². The van der Waals surface area contributed by atoms with E-state index in [1.807, 2.05) is 0 Å². The van der Waals surface area contributed by atoms with E-state index in [0.29, 0.717) is 0 Å². The standard InChI is InChI=1S/C9H6F6O2/c10-6-1-3-7(4-2-6)17-8(11,12)5-16-9(13,14)15/h1-4H,5H2. The Morgan fingerprint density at radius 2 is 1.47 bits per heavy atom. The highest BCUT2D eigenvalue weighted by Gasteiger charge is 2.39. The van der Waals surface area contributed by atoms with Gasteiger partial charge in [-0.15, -0.1) is 13.2 Å². The van der Waals surface area contributed by atoms with Gasteiger partial charge < -0.3 is 4.74 Å². The van der Waals surface area contributed by atoms with Gasteiger partial charge in [0.05, 0.1) is 0 Å². The average Bonchev–Trinajstić information content (AvgIpc) is 2.18. The Labute approximate surface area is 91.7 Å². The van der Waals surface area contributed by atoms with E-state index in [1.54, 1.807) is 0 Å². The Balaban J connectivity index is 2.57. The minimum Gasteiger partial charge on any atom is -0.431 e. The molecule has 0 aromatic heterocycles. The monoisotopic (exact) mass is 260 g/mol. The third-order valence-corrected chi connectivity index (χ3v) is 1.48. The molecule has 0 unspecified atom stereocenters. The van der Waals surface area contributed by atoms with Crippen LogP contribution in [0.25, 0.3) is 0 Å². The molecule has 1 aromatic rings. The Morgan fingerprint density at radius 3 is 1.94 bits per heavy atom. The Kier molecular flexibility index (Phi) is 3.87. The SMILES string of the molecule is Fc1ccc(OC(F)(F)COC(F)(F)F)cc1. The predicted octanol–water partition coefficient (Wildman–Crippen LogP) is 3.33. The van der Waals surface area contributed by atoms with Crippen LogP contribution in [0.5, 0.6) is 5.75 Å². The van der Waals surface area contributed by atoms with Crippen molar-refractivity contribution in [2.45, 2.75) is 12.5 Å². The second-order valence-electron chi connectivity index (χ2n) is 2.93. The lowest BCUT2D eigenvalue weighted by atomic mass is 10.3. The van der Waals surface area contributed by atoms with Crippen molar-refractivity contribution in [1.29, 1.82) is 0 Å². The molecule has 0 saturated carbocycles. The van der Waals surface area contributed by atoms with Crippen LogP contribution in [0, 0.1) is 5.82 Å². The summed E-state index contributed by atoms with van der Waals surface area (Å²) in [5.41, 5.74) is 0. The molecular formula is C9H6F6O2. The number of rotatable bonds is 4. The lowest BCUT2D eigenvalue weighted by molar-refractivity contribution is -0.358. The summed E-state index contributed by atoms with van der Waals surface area (Å²) in [5, 5.41) is 0. The van der Waals surface area contributed by atoms with Crippen molar-refractivity contribution in [1.82, 2.24) is 0 Å². The predicted molar refractivity (Wildman–Crippen MR) is 44.0 cm³/mol. The first-order valence-corrected chi connectivity index (χ1v) is 4.21. The summed E-state index contributed by atoms with van der Waals surface area (Å²) in [6.45, 7) is -1.98. The molecule has 1 rings (SSSR count). The van der Waals surface area contributed by atoms with Crippen molar-refractivity contribution in [3.8, 4) is 5.75 Å². The summed E-state index contributed by atoms with van der Waals surface area (Å²) in [6, 6.07) is 3.37. The Morgan fingerprint density at radius 1 is 0.941 bits per heavy atom. The van der Waals surface area contributed by atoms with Crippen molar-refractivity contribution < 1.29 is 35.8 Å². The van der Waals surface area contributed by atoms with Gasteiger partial charge in [-0.05, 0) is 24.3 Å². The second-order valence-corrected chi connectivity index (χ2v) is 2.93. The number of hydrogen-bond acceptors (Lipinski definition) is 2. The zero-order chi connectivity index (χ0) is 13.1. The maximum atomic E-state index is 12.8. The van der Waals surface area contributed by atoms with Gasteiger partial charge in [0, 0.05) is 0 Å². The zero-order valence-corrected chi connectivity index (χ0v) is 8.10. The number of alkyl halides is 5. The molecule has 0 spiro atoms. The van der Waals surface area contributed by atoms with E-state index in [0.717, 1.165) is 24.3 Å². The van der Waals surface area contributed by atoms with Crippen LogP contribution in [-0.2, 0) is 4.74 Å². The molecule has 8 heteroatoms.